The van der Waals surface area contributed by atoms with Crippen LogP contribution in [0, 0.1) is 6.92 Å². The highest BCUT2D eigenvalue weighted by atomic mass is 35.5. The number of methoxy groups -OCH3 is 1. The van der Waals surface area contributed by atoms with Crippen molar-refractivity contribution in [1.82, 2.24) is 10.2 Å². The smallest absolute Gasteiger partial charge is 0.264 e. The minimum absolute atomic E-state index is 0.0467. The van der Waals surface area contributed by atoms with E-state index in [2.05, 4.69) is 5.32 Å². The number of ether oxygens (including phenoxy) is 1. The van der Waals surface area contributed by atoms with Crippen LogP contribution < -0.4 is 14.4 Å². The summed E-state index contributed by atoms with van der Waals surface area (Å²) in [7, 11) is -2.58. The molecule has 0 saturated heterocycles. The summed E-state index contributed by atoms with van der Waals surface area (Å²) in [5, 5.41) is 3.42. The van der Waals surface area contributed by atoms with Gasteiger partial charge in [0.1, 0.15) is 18.3 Å². The van der Waals surface area contributed by atoms with E-state index in [0.29, 0.717) is 28.4 Å². The Morgan fingerprint density at radius 1 is 0.976 bits per heavy atom. The molecule has 8 nitrogen and oxygen atoms in total. The zero-order valence-electron chi connectivity index (χ0n) is 24.1. The van der Waals surface area contributed by atoms with Crippen molar-refractivity contribution in [2.45, 2.75) is 64.1 Å². The number of halogens is 1. The minimum Gasteiger partial charge on any atom is -0.497 e. The molecule has 10 heteroatoms. The average Bonchev–Trinajstić information content (AvgIpc) is 2.96. The SMILES string of the molecule is CC[C@H](C)NC(=O)[C@H](CC)N(Cc1ccc(OC)cc1)C(=O)CN(c1ccc(Cl)cc1C)S(=O)(=O)c1ccccc1. The second kappa shape index (κ2) is 14.4. The maximum atomic E-state index is 14.2. The van der Waals surface area contributed by atoms with E-state index in [1.54, 1.807) is 62.6 Å². The lowest BCUT2D eigenvalue weighted by Gasteiger charge is -2.34. The van der Waals surface area contributed by atoms with Gasteiger partial charge >= 0.3 is 0 Å². The van der Waals surface area contributed by atoms with Crippen molar-refractivity contribution < 1.29 is 22.7 Å². The molecular formula is C31H38ClN3O5S. The Morgan fingerprint density at radius 2 is 1.63 bits per heavy atom. The van der Waals surface area contributed by atoms with Gasteiger partial charge in [-0.3, -0.25) is 13.9 Å². The Kier molecular flexibility index (Phi) is 11.2. The van der Waals surface area contributed by atoms with Crippen LogP contribution in [0.4, 0.5) is 5.69 Å². The number of anilines is 1. The summed E-state index contributed by atoms with van der Waals surface area (Å²) in [5.74, 6) is -0.142. The number of amides is 2. The first-order valence-corrected chi connectivity index (χ1v) is 15.4. The maximum absolute atomic E-state index is 14.2. The molecular weight excluding hydrogens is 562 g/mol. The number of aryl methyl sites for hydroxylation is 1. The maximum Gasteiger partial charge on any atom is 0.264 e. The van der Waals surface area contributed by atoms with Gasteiger partial charge in [-0.2, -0.15) is 0 Å². The van der Waals surface area contributed by atoms with Crippen molar-refractivity contribution >= 4 is 39.1 Å². The molecule has 3 aromatic rings. The number of hydrogen-bond acceptors (Lipinski definition) is 5. The van der Waals surface area contributed by atoms with Gasteiger partial charge in [-0.1, -0.05) is 55.8 Å². The average molecular weight is 600 g/mol. The van der Waals surface area contributed by atoms with Crippen LogP contribution in [0.25, 0.3) is 0 Å². The lowest BCUT2D eigenvalue weighted by molar-refractivity contribution is -0.140. The van der Waals surface area contributed by atoms with Crippen LogP contribution >= 0.6 is 11.6 Å². The molecule has 220 valence electrons. The van der Waals surface area contributed by atoms with Gasteiger partial charge in [0, 0.05) is 17.6 Å². The summed E-state index contributed by atoms with van der Waals surface area (Å²) < 4.78 is 34.2. The van der Waals surface area contributed by atoms with E-state index in [4.69, 9.17) is 16.3 Å². The monoisotopic (exact) mass is 599 g/mol. The molecule has 0 spiro atoms. The number of carbonyl (C=O) groups is 2. The zero-order valence-corrected chi connectivity index (χ0v) is 25.7. The third kappa shape index (κ3) is 8.01. The Hall–Kier alpha value is -3.56. The minimum atomic E-state index is -4.15. The third-order valence-corrected chi connectivity index (χ3v) is 8.95. The van der Waals surface area contributed by atoms with Gasteiger partial charge in [-0.15, -0.1) is 0 Å². The number of sulfonamides is 1. The molecule has 3 aromatic carbocycles. The number of benzene rings is 3. The van der Waals surface area contributed by atoms with Crippen molar-refractivity contribution in [2.24, 2.45) is 0 Å². The molecule has 0 aliphatic heterocycles. The second-order valence-corrected chi connectivity index (χ2v) is 12.2. The molecule has 0 unspecified atom stereocenters. The normalized spacial score (nSPS) is 12.7. The van der Waals surface area contributed by atoms with Crippen molar-refractivity contribution in [2.75, 3.05) is 18.0 Å². The van der Waals surface area contributed by atoms with E-state index in [1.807, 2.05) is 32.9 Å². The zero-order chi connectivity index (χ0) is 30.2. The summed E-state index contributed by atoms with van der Waals surface area (Å²) in [6.45, 7) is 7.03. The van der Waals surface area contributed by atoms with Gasteiger partial charge in [0.05, 0.1) is 17.7 Å². The van der Waals surface area contributed by atoms with Gasteiger partial charge in [0.2, 0.25) is 11.8 Å². The lowest BCUT2D eigenvalue weighted by Crippen LogP contribution is -2.53. The number of nitrogens with zero attached hydrogens (tertiary/aromatic N) is 2. The van der Waals surface area contributed by atoms with Crippen molar-refractivity contribution in [3.63, 3.8) is 0 Å². The van der Waals surface area contributed by atoms with Gasteiger partial charge in [-0.05, 0) is 80.3 Å². The van der Waals surface area contributed by atoms with Crippen LogP contribution in [0.3, 0.4) is 0 Å². The van der Waals surface area contributed by atoms with E-state index in [9.17, 15) is 18.0 Å². The molecule has 0 radical (unpaired) electrons. The fourth-order valence-electron chi connectivity index (χ4n) is 4.42. The van der Waals surface area contributed by atoms with E-state index in [-0.39, 0.29) is 23.4 Å². The number of rotatable bonds is 13. The van der Waals surface area contributed by atoms with Crippen molar-refractivity contribution in [1.29, 1.82) is 0 Å². The van der Waals surface area contributed by atoms with Crippen LogP contribution in [0.5, 0.6) is 5.75 Å². The molecule has 0 bridgehead atoms. The predicted octanol–water partition coefficient (Wildman–Crippen LogP) is 5.57. The highest BCUT2D eigenvalue weighted by Crippen LogP contribution is 2.29. The number of nitrogens with one attached hydrogen (secondary N) is 1. The molecule has 1 N–H and O–H groups in total. The highest BCUT2D eigenvalue weighted by molar-refractivity contribution is 7.92. The molecule has 0 heterocycles. The van der Waals surface area contributed by atoms with Crippen molar-refractivity contribution in [3.05, 3.63) is 88.9 Å². The van der Waals surface area contributed by atoms with Crippen molar-refractivity contribution in [3.8, 4) is 5.75 Å². The molecule has 0 aromatic heterocycles. The Labute approximate surface area is 248 Å². The third-order valence-electron chi connectivity index (χ3n) is 6.94. The molecule has 0 saturated carbocycles. The summed E-state index contributed by atoms with van der Waals surface area (Å²) in [6, 6.07) is 19.1. The van der Waals surface area contributed by atoms with Gasteiger partial charge < -0.3 is 15.0 Å². The summed E-state index contributed by atoms with van der Waals surface area (Å²) in [6.07, 6.45) is 1.07. The second-order valence-electron chi connectivity index (χ2n) is 9.87. The predicted molar refractivity (Wildman–Crippen MR) is 163 cm³/mol. The molecule has 3 rings (SSSR count). The van der Waals surface area contributed by atoms with Crippen LogP contribution in [0.1, 0.15) is 44.7 Å². The van der Waals surface area contributed by atoms with Crippen LogP contribution in [0.15, 0.2) is 77.7 Å². The number of carbonyl (C=O) groups excluding carboxylic acids is 2. The molecule has 2 atom stereocenters. The number of hydrogen-bond donors (Lipinski definition) is 1. The van der Waals surface area contributed by atoms with Crippen LogP contribution in [-0.4, -0.2) is 50.9 Å². The largest absolute Gasteiger partial charge is 0.497 e. The highest BCUT2D eigenvalue weighted by Gasteiger charge is 2.34. The Balaban J connectivity index is 2.07. The molecule has 41 heavy (non-hydrogen) atoms. The van der Waals surface area contributed by atoms with E-state index in [1.165, 1.54) is 17.0 Å². The van der Waals surface area contributed by atoms with E-state index < -0.39 is 28.5 Å². The summed E-state index contributed by atoms with van der Waals surface area (Å²) in [4.78, 5) is 29.0. The lowest BCUT2D eigenvalue weighted by atomic mass is 10.1. The fraction of sp³-hybridized carbons (Fsp3) is 0.355. The summed E-state index contributed by atoms with van der Waals surface area (Å²) in [5.41, 5.74) is 1.69. The summed E-state index contributed by atoms with van der Waals surface area (Å²) >= 11 is 6.17. The standard InChI is InChI=1S/C31H38ClN3O5S/c1-6-23(4)33-31(37)28(7-2)34(20-24-13-16-26(40-5)17-14-24)30(36)21-35(29-18-15-25(32)19-22(29)3)41(38,39)27-11-9-8-10-12-27/h8-19,23,28H,6-7,20-21H2,1-5H3,(H,33,37)/t23-,28-/m0/s1. The van der Waals surface area contributed by atoms with E-state index >= 15 is 0 Å². The van der Waals surface area contributed by atoms with Crippen LogP contribution in [-0.2, 0) is 26.2 Å². The Bertz CT molecular complexity index is 1430. The first-order valence-electron chi connectivity index (χ1n) is 13.6. The topological polar surface area (TPSA) is 96.0 Å². The van der Waals surface area contributed by atoms with Crippen LogP contribution in [0.2, 0.25) is 5.02 Å². The van der Waals surface area contributed by atoms with E-state index in [0.717, 1.165) is 16.3 Å². The molecule has 0 fully saturated rings. The van der Waals surface area contributed by atoms with Gasteiger partial charge in [0.25, 0.3) is 10.0 Å². The Morgan fingerprint density at radius 3 is 2.20 bits per heavy atom. The fourth-order valence-corrected chi connectivity index (χ4v) is 6.15. The first kappa shape index (κ1) is 32.0. The molecule has 0 aliphatic carbocycles. The van der Waals surface area contributed by atoms with Gasteiger partial charge in [-0.25, -0.2) is 8.42 Å². The first-order chi connectivity index (χ1) is 19.5. The van der Waals surface area contributed by atoms with Gasteiger partial charge in [0.15, 0.2) is 0 Å². The quantitative estimate of drug-likeness (QED) is 0.277. The molecule has 2 amide bonds. The molecule has 0 aliphatic rings.